The van der Waals surface area contributed by atoms with Gasteiger partial charge in [0, 0.05) is 13.0 Å². The van der Waals surface area contributed by atoms with Gasteiger partial charge in [-0.2, -0.15) is 8.42 Å². The largest absolute Gasteiger partial charge is 0.707 e. The monoisotopic (exact) mass is 387 g/mol. The average molecular weight is 387 g/mol. The predicted octanol–water partition coefficient (Wildman–Crippen LogP) is -3.17. The van der Waals surface area contributed by atoms with Gasteiger partial charge in [-0.05, 0) is 6.92 Å². The zero-order chi connectivity index (χ0) is 18.9. The van der Waals surface area contributed by atoms with Gasteiger partial charge in [0.15, 0.2) is 12.6 Å². The molecule has 9 atom stereocenters. The molecule has 0 bridgehead atoms. The van der Waals surface area contributed by atoms with Gasteiger partial charge < -0.3 is 43.9 Å². The van der Waals surface area contributed by atoms with E-state index in [1.165, 1.54) is 14.0 Å². The van der Waals surface area contributed by atoms with Crippen LogP contribution in [0, 0.1) is 5.92 Å². The molecule has 0 aromatic heterocycles. The fourth-order valence-corrected chi connectivity index (χ4v) is 4.14. The minimum atomic E-state index is -4.78. The van der Waals surface area contributed by atoms with Crippen molar-refractivity contribution in [1.29, 1.82) is 0 Å². The Bertz CT molecular complexity index is 540. The van der Waals surface area contributed by atoms with E-state index in [4.69, 9.17) is 18.9 Å². The van der Waals surface area contributed by atoms with Gasteiger partial charge in [-0.25, -0.2) is 0 Å². The number of ether oxygens (including phenoxy) is 4. The Labute approximate surface area is 145 Å². The van der Waals surface area contributed by atoms with Gasteiger partial charge in [-0.15, -0.1) is 0 Å². The highest BCUT2D eigenvalue weighted by molar-refractivity contribution is 7.87. The van der Waals surface area contributed by atoms with E-state index in [2.05, 4.69) is 4.33 Å². The summed E-state index contributed by atoms with van der Waals surface area (Å²) in [6.45, 7) is 3.15. The van der Waals surface area contributed by atoms with Crippen LogP contribution in [0.2, 0.25) is 0 Å². The quantitative estimate of drug-likeness (QED) is 0.322. The van der Waals surface area contributed by atoms with Crippen LogP contribution in [0.1, 0.15) is 13.8 Å². The molecule has 0 amide bonds. The number of hydrogen-bond acceptors (Lipinski definition) is 11. The van der Waals surface area contributed by atoms with Crippen LogP contribution in [0.25, 0.3) is 0 Å². The van der Waals surface area contributed by atoms with Gasteiger partial charge >= 0.3 is 0 Å². The Hall–Kier alpha value is -0.410. The first kappa shape index (κ1) is 20.9. The van der Waals surface area contributed by atoms with Gasteiger partial charge in [0.2, 0.25) is 0 Å². The Morgan fingerprint density at radius 3 is 2.28 bits per heavy atom. The Morgan fingerprint density at radius 1 is 1.08 bits per heavy atom. The van der Waals surface area contributed by atoms with Gasteiger partial charge in [0.1, 0.15) is 23.6 Å². The highest BCUT2D eigenvalue weighted by atomic mass is 32.2. The predicted molar refractivity (Wildman–Crippen MR) is 76.9 cm³/mol. The average Bonchev–Trinajstić information content (AvgIpc) is 2.57. The van der Waals surface area contributed by atoms with Gasteiger partial charge in [-0.3, -0.25) is 0 Å². The lowest BCUT2D eigenvalue weighted by atomic mass is 9.97. The Morgan fingerprint density at radius 2 is 1.72 bits per heavy atom. The van der Waals surface area contributed by atoms with Crippen LogP contribution < -0.4 is 5.26 Å². The molecule has 2 fully saturated rings. The maximum absolute atomic E-state index is 12.0. The molecule has 0 aromatic carbocycles. The second-order valence-electron chi connectivity index (χ2n) is 6.22. The standard InChI is InChI=1S/C13H24O11S/c1-5-4-21-13(8(15)7(5)14)23-10-6(2)22-12(20-3)9(16)11(10)25(18,19)24-17/h5-17H,4H2,1-3H3/p-1/t5?,6?,7?,8-,9?,10+,11+,12-,13+/m1/s1. The van der Waals surface area contributed by atoms with Crippen LogP contribution in [-0.2, 0) is 33.4 Å². The van der Waals surface area contributed by atoms with Crippen LogP contribution in [0.5, 0.6) is 0 Å². The lowest BCUT2D eigenvalue weighted by molar-refractivity contribution is -0.635. The molecule has 2 aliphatic rings. The van der Waals surface area contributed by atoms with Crippen LogP contribution in [0.3, 0.4) is 0 Å². The maximum Gasteiger partial charge on any atom is 0.267 e. The van der Waals surface area contributed by atoms with E-state index in [1.807, 2.05) is 0 Å². The zero-order valence-corrected chi connectivity index (χ0v) is 14.7. The summed E-state index contributed by atoms with van der Waals surface area (Å²) in [4.78, 5) is 0. The SMILES string of the molecule is CO[C@@H]1OC(C)[C@H](O[C@@H]2OCC(C)C(O)[C@H]2O)[C@@H](S(=O)(=O)O[O-])C1O. The van der Waals surface area contributed by atoms with Gasteiger partial charge in [-0.1, -0.05) is 6.92 Å². The number of aliphatic hydroxyl groups is 3. The van der Waals surface area contributed by atoms with Crippen molar-refractivity contribution in [3.8, 4) is 0 Å². The molecule has 25 heavy (non-hydrogen) atoms. The highest BCUT2D eigenvalue weighted by Crippen LogP contribution is 2.32. The lowest BCUT2D eigenvalue weighted by Crippen LogP contribution is -2.63. The molecule has 2 heterocycles. The van der Waals surface area contributed by atoms with Gasteiger partial charge in [0.25, 0.3) is 10.1 Å². The topological polar surface area (TPSA) is 164 Å². The molecule has 4 unspecified atom stereocenters. The van der Waals surface area contributed by atoms with Crippen molar-refractivity contribution in [3.05, 3.63) is 0 Å². The summed E-state index contributed by atoms with van der Waals surface area (Å²) in [5.41, 5.74) is 0. The molecule has 2 rings (SSSR count). The highest BCUT2D eigenvalue weighted by Gasteiger charge is 2.53. The molecule has 0 aliphatic carbocycles. The molecular weight excluding hydrogens is 364 g/mol. The molecule has 11 nitrogen and oxygen atoms in total. The fourth-order valence-electron chi connectivity index (χ4n) is 2.97. The van der Waals surface area contributed by atoms with Crippen LogP contribution >= 0.6 is 0 Å². The summed E-state index contributed by atoms with van der Waals surface area (Å²) >= 11 is 0. The van der Waals surface area contributed by atoms with E-state index in [9.17, 15) is 29.0 Å². The molecule has 0 aromatic rings. The molecular formula is C13H23O11S-. The van der Waals surface area contributed by atoms with Gasteiger partial charge in [0.05, 0.1) is 18.8 Å². The van der Waals surface area contributed by atoms with E-state index >= 15 is 0 Å². The van der Waals surface area contributed by atoms with E-state index in [0.717, 1.165) is 0 Å². The summed E-state index contributed by atoms with van der Waals surface area (Å²) < 4.78 is 48.2. The third kappa shape index (κ3) is 4.13. The molecule has 2 saturated heterocycles. The third-order valence-electron chi connectivity index (χ3n) is 4.44. The van der Waals surface area contributed by atoms with Crippen molar-refractivity contribution < 1.29 is 52.3 Å². The van der Waals surface area contributed by atoms with Crippen molar-refractivity contribution >= 4 is 10.1 Å². The first-order valence-corrected chi connectivity index (χ1v) is 9.16. The summed E-state index contributed by atoms with van der Waals surface area (Å²) in [5, 5.41) is 39.0. The summed E-state index contributed by atoms with van der Waals surface area (Å²) in [7, 11) is -3.59. The van der Waals surface area contributed by atoms with Crippen molar-refractivity contribution in [2.45, 2.75) is 62.2 Å². The Balaban J connectivity index is 2.26. The summed E-state index contributed by atoms with van der Waals surface area (Å²) in [6, 6.07) is 0. The molecule has 0 spiro atoms. The summed E-state index contributed by atoms with van der Waals surface area (Å²) in [5.74, 6) is -0.358. The van der Waals surface area contributed by atoms with E-state index in [0.29, 0.717) is 0 Å². The van der Waals surface area contributed by atoms with Crippen molar-refractivity contribution in [1.82, 2.24) is 0 Å². The summed E-state index contributed by atoms with van der Waals surface area (Å²) in [6.07, 6.45) is -9.47. The second kappa shape index (κ2) is 8.08. The van der Waals surface area contributed by atoms with Crippen LogP contribution in [0.4, 0.5) is 0 Å². The van der Waals surface area contributed by atoms with E-state index in [1.54, 1.807) is 6.92 Å². The first-order valence-electron chi connectivity index (χ1n) is 7.68. The minimum Gasteiger partial charge on any atom is -0.707 e. The van der Waals surface area contributed by atoms with Crippen LogP contribution in [0.15, 0.2) is 0 Å². The molecule has 3 N–H and O–H groups in total. The second-order valence-corrected chi connectivity index (χ2v) is 7.89. The number of rotatable bonds is 5. The third-order valence-corrected chi connectivity index (χ3v) is 5.84. The van der Waals surface area contributed by atoms with E-state index in [-0.39, 0.29) is 12.5 Å². The first-order chi connectivity index (χ1) is 11.6. The fraction of sp³-hybridized carbons (Fsp3) is 1.00. The molecule has 0 radical (unpaired) electrons. The minimum absolute atomic E-state index is 0.0591. The number of hydrogen-bond donors (Lipinski definition) is 3. The molecule has 148 valence electrons. The van der Waals surface area contributed by atoms with Crippen molar-refractivity contribution in [3.63, 3.8) is 0 Å². The normalized spacial score (nSPS) is 46.1. The zero-order valence-electron chi connectivity index (χ0n) is 13.9. The lowest BCUT2D eigenvalue weighted by Gasteiger charge is -2.45. The molecule has 2 aliphatic heterocycles. The van der Waals surface area contributed by atoms with Crippen molar-refractivity contribution in [2.24, 2.45) is 5.92 Å². The molecule has 0 saturated carbocycles. The Kier molecular flexibility index (Phi) is 6.76. The van der Waals surface area contributed by atoms with Crippen LogP contribution in [-0.4, -0.2) is 85.8 Å². The maximum atomic E-state index is 12.0. The smallest absolute Gasteiger partial charge is 0.267 e. The number of aliphatic hydroxyl groups excluding tert-OH is 3. The van der Waals surface area contributed by atoms with Crippen molar-refractivity contribution in [2.75, 3.05) is 13.7 Å². The van der Waals surface area contributed by atoms with E-state index < -0.39 is 58.5 Å². The number of methoxy groups -OCH3 is 1. The molecule has 12 heteroatoms.